The number of halogens is 1. The van der Waals surface area contributed by atoms with Crippen LogP contribution in [-0.4, -0.2) is 9.97 Å². The minimum Gasteiger partial charge on any atom is -0.279 e. The molecule has 32 heavy (non-hydrogen) atoms. The monoisotopic (exact) mass is 475 g/mol. The molecule has 0 spiro atoms. The SMILES string of the molecule is Brc1cc2c3ccccc3c(N(c3ccccc3)c3ncccn3)cc2c2ccccc12. The van der Waals surface area contributed by atoms with Gasteiger partial charge in [0.25, 0.3) is 0 Å². The van der Waals surface area contributed by atoms with Crippen molar-refractivity contribution in [2.45, 2.75) is 0 Å². The average Bonchev–Trinajstić information content (AvgIpc) is 2.86. The summed E-state index contributed by atoms with van der Waals surface area (Å²) in [6, 6.07) is 33.7. The van der Waals surface area contributed by atoms with Crippen LogP contribution in [0, 0.1) is 0 Å². The number of fused-ring (bicyclic) bond motifs is 5. The highest BCUT2D eigenvalue weighted by Crippen LogP contribution is 2.43. The number of hydrogen-bond acceptors (Lipinski definition) is 3. The number of benzene rings is 5. The van der Waals surface area contributed by atoms with Crippen LogP contribution in [0.4, 0.5) is 17.3 Å². The third kappa shape index (κ3) is 3.03. The van der Waals surface area contributed by atoms with E-state index in [1.54, 1.807) is 12.4 Å². The van der Waals surface area contributed by atoms with Crippen molar-refractivity contribution < 1.29 is 0 Å². The normalized spacial score (nSPS) is 11.3. The van der Waals surface area contributed by atoms with E-state index in [0.717, 1.165) is 21.2 Å². The second-order valence-electron chi connectivity index (χ2n) is 7.66. The maximum absolute atomic E-state index is 4.60. The first kappa shape index (κ1) is 19.0. The molecular formula is C28H18BrN3. The minimum absolute atomic E-state index is 0.643. The van der Waals surface area contributed by atoms with E-state index in [9.17, 15) is 0 Å². The summed E-state index contributed by atoms with van der Waals surface area (Å²) in [7, 11) is 0. The number of aromatic nitrogens is 2. The van der Waals surface area contributed by atoms with Crippen molar-refractivity contribution in [2.24, 2.45) is 0 Å². The molecule has 0 saturated carbocycles. The Hall–Kier alpha value is -3.76. The summed E-state index contributed by atoms with van der Waals surface area (Å²) in [6.07, 6.45) is 3.57. The molecular weight excluding hydrogens is 458 g/mol. The fourth-order valence-corrected chi connectivity index (χ4v) is 4.99. The Balaban J connectivity index is 1.78. The third-order valence-electron chi connectivity index (χ3n) is 5.82. The molecule has 5 aromatic carbocycles. The van der Waals surface area contributed by atoms with Crippen molar-refractivity contribution in [1.29, 1.82) is 0 Å². The number of para-hydroxylation sites is 1. The van der Waals surface area contributed by atoms with Crippen LogP contribution in [0.2, 0.25) is 0 Å². The smallest absolute Gasteiger partial charge is 0.234 e. The first-order valence-corrected chi connectivity index (χ1v) is 11.3. The molecule has 0 radical (unpaired) electrons. The zero-order valence-corrected chi connectivity index (χ0v) is 18.7. The third-order valence-corrected chi connectivity index (χ3v) is 6.47. The van der Waals surface area contributed by atoms with E-state index >= 15 is 0 Å². The van der Waals surface area contributed by atoms with Crippen LogP contribution in [0.25, 0.3) is 32.3 Å². The van der Waals surface area contributed by atoms with Gasteiger partial charge in [-0.3, -0.25) is 4.90 Å². The predicted octanol–water partition coefficient (Wildman–Crippen LogP) is 8.17. The summed E-state index contributed by atoms with van der Waals surface area (Å²) in [5, 5.41) is 7.18. The fourth-order valence-electron chi connectivity index (χ4n) is 4.42. The molecule has 152 valence electrons. The first-order chi connectivity index (χ1) is 15.8. The lowest BCUT2D eigenvalue weighted by molar-refractivity contribution is 1.08. The highest BCUT2D eigenvalue weighted by Gasteiger charge is 2.19. The van der Waals surface area contributed by atoms with Crippen LogP contribution in [0.1, 0.15) is 0 Å². The largest absolute Gasteiger partial charge is 0.279 e. The molecule has 6 rings (SSSR count). The second kappa shape index (κ2) is 7.74. The van der Waals surface area contributed by atoms with Crippen LogP contribution in [0.15, 0.2) is 114 Å². The standard InChI is InChI=1S/C28H18BrN3/c29-26-17-24-21-12-5-7-14-23(21)27(18-25(24)20-11-4-6-13-22(20)26)32(19-9-2-1-3-10-19)28-30-15-8-16-31-28/h1-18H. The number of nitrogens with zero attached hydrogens (tertiary/aromatic N) is 3. The maximum Gasteiger partial charge on any atom is 0.234 e. The highest BCUT2D eigenvalue weighted by atomic mass is 79.9. The van der Waals surface area contributed by atoms with E-state index in [0.29, 0.717) is 5.95 Å². The lowest BCUT2D eigenvalue weighted by Gasteiger charge is -2.25. The minimum atomic E-state index is 0.643. The molecule has 0 aliphatic rings. The van der Waals surface area contributed by atoms with Gasteiger partial charge in [-0.25, -0.2) is 9.97 Å². The van der Waals surface area contributed by atoms with Crippen molar-refractivity contribution in [1.82, 2.24) is 9.97 Å². The lowest BCUT2D eigenvalue weighted by atomic mass is 9.95. The topological polar surface area (TPSA) is 29.0 Å². The summed E-state index contributed by atoms with van der Waals surface area (Å²) in [5.74, 6) is 0.643. The van der Waals surface area contributed by atoms with Gasteiger partial charge in [0.1, 0.15) is 0 Å². The average molecular weight is 476 g/mol. The molecule has 1 heterocycles. The van der Waals surface area contributed by atoms with E-state index in [1.807, 2.05) is 24.3 Å². The van der Waals surface area contributed by atoms with Crippen molar-refractivity contribution in [3.05, 3.63) is 114 Å². The number of rotatable bonds is 3. The molecule has 0 unspecified atom stereocenters. The molecule has 1 aromatic heterocycles. The zero-order chi connectivity index (χ0) is 21.5. The summed E-state index contributed by atoms with van der Waals surface area (Å²) < 4.78 is 1.10. The van der Waals surface area contributed by atoms with Gasteiger partial charge in [0.05, 0.1) is 5.69 Å². The van der Waals surface area contributed by atoms with Crippen LogP contribution in [0.3, 0.4) is 0 Å². The summed E-state index contributed by atoms with van der Waals surface area (Å²) in [6.45, 7) is 0. The van der Waals surface area contributed by atoms with Gasteiger partial charge in [-0.1, -0.05) is 82.7 Å². The van der Waals surface area contributed by atoms with Gasteiger partial charge >= 0.3 is 0 Å². The van der Waals surface area contributed by atoms with Gasteiger partial charge in [-0.2, -0.15) is 0 Å². The van der Waals surface area contributed by atoms with Gasteiger partial charge in [0.15, 0.2) is 0 Å². The molecule has 0 atom stereocenters. The van der Waals surface area contributed by atoms with Crippen LogP contribution >= 0.6 is 15.9 Å². The molecule has 0 saturated heterocycles. The van der Waals surface area contributed by atoms with Gasteiger partial charge in [-0.15, -0.1) is 0 Å². The molecule has 0 bridgehead atoms. The number of anilines is 3. The first-order valence-electron chi connectivity index (χ1n) is 10.5. The predicted molar refractivity (Wildman–Crippen MR) is 137 cm³/mol. The van der Waals surface area contributed by atoms with Gasteiger partial charge in [0, 0.05) is 27.9 Å². The molecule has 4 heteroatoms. The van der Waals surface area contributed by atoms with E-state index < -0.39 is 0 Å². The van der Waals surface area contributed by atoms with Crippen molar-refractivity contribution in [3.8, 4) is 0 Å². The summed E-state index contributed by atoms with van der Waals surface area (Å²) in [5.41, 5.74) is 2.07. The van der Waals surface area contributed by atoms with Crippen LogP contribution in [-0.2, 0) is 0 Å². The Labute approximate surface area is 194 Å². The fraction of sp³-hybridized carbons (Fsp3) is 0. The summed E-state index contributed by atoms with van der Waals surface area (Å²) >= 11 is 3.79. The Morgan fingerprint density at radius 1 is 0.531 bits per heavy atom. The van der Waals surface area contributed by atoms with Gasteiger partial charge in [0.2, 0.25) is 5.95 Å². The van der Waals surface area contributed by atoms with Gasteiger partial charge in [-0.05, 0) is 57.3 Å². The Bertz CT molecular complexity index is 1540. The van der Waals surface area contributed by atoms with E-state index in [1.165, 1.54) is 26.9 Å². The van der Waals surface area contributed by atoms with Crippen molar-refractivity contribution in [2.75, 3.05) is 4.90 Å². The van der Waals surface area contributed by atoms with Gasteiger partial charge < -0.3 is 0 Å². The van der Waals surface area contributed by atoms with Crippen molar-refractivity contribution >= 4 is 65.6 Å². The van der Waals surface area contributed by atoms with Crippen LogP contribution < -0.4 is 4.90 Å². The summed E-state index contributed by atoms with van der Waals surface area (Å²) in [4.78, 5) is 11.3. The van der Waals surface area contributed by atoms with E-state index in [2.05, 4.69) is 104 Å². The Morgan fingerprint density at radius 2 is 1.09 bits per heavy atom. The lowest BCUT2D eigenvalue weighted by Crippen LogP contribution is -2.13. The molecule has 0 aliphatic heterocycles. The molecule has 0 amide bonds. The molecule has 0 fully saturated rings. The second-order valence-corrected chi connectivity index (χ2v) is 8.51. The van der Waals surface area contributed by atoms with Crippen LogP contribution in [0.5, 0.6) is 0 Å². The Morgan fingerprint density at radius 3 is 1.81 bits per heavy atom. The highest BCUT2D eigenvalue weighted by molar-refractivity contribution is 9.10. The van der Waals surface area contributed by atoms with E-state index in [4.69, 9.17) is 0 Å². The van der Waals surface area contributed by atoms with E-state index in [-0.39, 0.29) is 0 Å². The maximum atomic E-state index is 4.60. The number of hydrogen-bond donors (Lipinski definition) is 0. The molecule has 6 aromatic rings. The molecule has 0 N–H and O–H groups in total. The molecule has 0 aliphatic carbocycles. The zero-order valence-electron chi connectivity index (χ0n) is 17.1. The Kier molecular flexibility index (Phi) is 4.58. The molecule has 3 nitrogen and oxygen atoms in total. The quantitative estimate of drug-likeness (QED) is 0.241. The van der Waals surface area contributed by atoms with Crippen molar-refractivity contribution in [3.63, 3.8) is 0 Å².